The first-order valence-corrected chi connectivity index (χ1v) is 9.46. The molecule has 0 aromatic heterocycles. The van der Waals surface area contributed by atoms with Gasteiger partial charge in [-0.2, -0.15) is 13.2 Å². The largest absolute Gasteiger partial charge is 0.492 e. The lowest BCUT2D eigenvalue weighted by atomic mass is 10.0. The molecule has 1 heterocycles. The summed E-state index contributed by atoms with van der Waals surface area (Å²) in [5.74, 6) is 0.866. The van der Waals surface area contributed by atoms with Crippen LogP contribution in [0.1, 0.15) is 45.1 Å². The minimum Gasteiger partial charge on any atom is -0.492 e. The van der Waals surface area contributed by atoms with Gasteiger partial charge in [-0.25, -0.2) is 0 Å². The second-order valence-corrected chi connectivity index (χ2v) is 6.48. The van der Waals surface area contributed by atoms with E-state index in [1.54, 1.807) is 12.4 Å². The third-order valence-corrected chi connectivity index (χ3v) is 4.30. The van der Waals surface area contributed by atoms with E-state index in [0.29, 0.717) is 18.8 Å². The number of allylic oxidation sites excluding steroid dienone is 2. The van der Waals surface area contributed by atoms with Crippen molar-refractivity contribution in [1.82, 2.24) is 5.32 Å². The van der Waals surface area contributed by atoms with Gasteiger partial charge < -0.3 is 20.5 Å². The van der Waals surface area contributed by atoms with Gasteiger partial charge >= 0.3 is 6.18 Å². The van der Waals surface area contributed by atoms with Crippen molar-refractivity contribution in [1.29, 1.82) is 0 Å². The number of hydrogen-bond donors (Lipinski definition) is 2. The van der Waals surface area contributed by atoms with Crippen molar-refractivity contribution >= 4 is 5.69 Å². The lowest BCUT2D eigenvalue weighted by molar-refractivity contribution is -0.137. The third-order valence-electron chi connectivity index (χ3n) is 4.30. The Morgan fingerprint density at radius 1 is 1.18 bits per heavy atom. The number of anilines is 1. The summed E-state index contributed by atoms with van der Waals surface area (Å²) in [6.45, 7) is 4.64. The average Bonchev–Trinajstić information content (AvgIpc) is 2.89. The molecule has 154 valence electrons. The van der Waals surface area contributed by atoms with Crippen LogP contribution in [-0.4, -0.2) is 12.7 Å². The standard InChI is InChI=1S/C21H27F3N2O2/c1-3-5-6-12-27-20-14-26-11-7-8-16(20)18(4-2)28-19-10-9-15(13-17(19)25)21(22,23)24/h7-11,13-14,18,26H,3-6,12,25H2,1-2H3. The quantitative estimate of drug-likeness (QED) is 0.425. The highest BCUT2D eigenvalue weighted by Crippen LogP contribution is 2.35. The van der Waals surface area contributed by atoms with Crippen LogP contribution in [0, 0.1) is 0 Å². The zero-order valence-corrected chi connectivity index (χ0v) is 16.2. The minimum atomic E-state index is -4.45. The number of halogens is 3. The predicted molar refractivity (Wildman–Crippen MR) is 104 cm³/mol. The molecule has 1 atom stereocenters. The first-order chi connectivity index (χ1) is 13.4. The van der Waals surface area contributed by atoms with Crippen molar-refractivity contribution < 1.29 is 22.6 Å². The van der Waals surface area contributed by atoms with Crippen LogP contribution < -0.4 is 15.8 Å². The van der Waals surface area contributed by atoms with E-state index in [2.05, 4.69) is 12.2 Å². The van der Waals surface area contributed by atoms with Gasteiger partial charge in [0.05, 0.1) is 17.9 Å². The minimum absolute atomic E-state index is 0.0504. The zero-order valence-electron chi connectivity index (χ0n) is 16.2. The predicted octanol–water partition coefficient (Wildman–Crippen LogP) is 5.54. The van der Waals surface area contributed by atoms with Gasteiger partial charge in [0.25, 0.3) is 0 Å². The molecule has 0 amide bonds. The molecule has 0 aliphatic carbocycles. The molecule has 1 aliphatic rings. The number of rotatable bonds is 9. The Bertz CT molecular complexity index is 740. The van der Waals surface area contributed by atoms with E-state index in [0.717, 1.165) is 37.0 Å². The summed E-state index contributed by atoms with van der Waals surface area (Å²) < 4.78 is 50.4. The highest BCUT2D eigenvalue weighted by atomic mass is 19.4. The third kappa shape index (κ3) is 5.97. The summed E-state index contributed by atoms with van der Waals surface area (Å²) in [5, 5.41) is 3.02. The fourth-order valence-corrected chi connectivity index (χ4v) is 2.77. The number of nitrogen functional groups attached to an aromatic ring is 1. The second-order valence-electron chi connectivity index (χ2n) is 6.48. The summed E-state index contributed by atoms with van der Waals surface area (Å²) in [4.78, 5) is 0. The molecule has 1 aliphatic heterocycles. The number of ether oxygens (including phenoxy) is 2. The number of unbranched alkanes of at least 4 members (excludes halogenated alkanes) is 2. The lowest BCUT2D eigenvalue weighted by Crippen LogP contribution is -2.22. The lowest BCUT2D eigenvalue weighted by Gasteiger charge is -2.23. The molecule has 0 fully saturated rings. The summed E-state index contributed by atoms with van der Waals surface area (Å²) >= 11 is 0. The molecular formula is C21H27F3N2O2. The SMILES string of the molecule is CCCCCOC1=CNC=CC=C1C(CC)Oc1ccc(C(F)(F)F)cc1N. The molecule has 0 saturated carbocycles. The van der Waals surface area contributed by atoms with Crippen LogP contribution in [-0.2, 0) is 10.9 Å². The van der Waals surface area contributed by atoms with Gasteiger partial charge in [0.15, 0.2) is 0 Å². The summed E-state index contributed by atoms with van der Waals surface area (Å²) in [6, 6.07) is 3.12. The highest BCUT2D eigenvalue weighted by Gasteiger charge is 2.31. The van der Waals surface area contributed by atoms with Crippen LogP contribution in [0.2, 0.25) is 0 Å². The van der Waals surface area contributed by atoms with Crippen molar-refractivity contribution in [2.24, 2.45) is 0 Å². The van der Waals surface area contributed by atoms with Gasteiger partial charge in [-0.15, -0.1) is 0 Å². The Hall–Kier alpha value is -2.57. The maximum Gasteiger partial charge on any atom is 0.416 e. The molecule has 28 heavy (non-hydrogen) atoms. The van der Waals surface area contributed by atoms with Gasteiger partial charge in [-0.3, -0.25) is 0 Å². The zero-order chi connectivity index (χ0) is 20.6. The smallest absolute Gasteiger partial charge is 0.416 e. The van der Waals surface area contributed by atoms with Crippen molar-refractivity contribution in [2.45, 2.75) is 51.8 Å². The Morgan fingerprint density at radius 2 is 1.96 bits per heavy atom. The van der Waals surface area contributed by atoms with E-state index in [4.69, 9.17) is 15.2 Å². The van der Waals surface area contributed by atoms with Gasteiger partial charge in [-0.05, 0) is 37.1 Å². The molecule has 4 nitrogen and oxygen atoms in total. The topological polar surface area (TPSA) is 56.5 Å². The number of hydrogen-bond acceptors (Lipinski definition) is 4. The monoisotopic (exact) mass is 396 g/mol. The molecule has 1 aromatic rings. The van der Waals surface area contributed by atoms with Gasteiger partial charge in [0, 0.05) is 18.0 Å². The molecule has 1 unspecified atom stereocenters. The molecular weight excluding hydrogens is 369 g/mol. The maximum atomic E-state index is 12.8. The van der Waals surface area contributed by atoms with Crippen molar-refractivity contribution in [2.75, 3.05) is 12.3 Å². The van der Waals surface area contributed by atoms with E-state index >= 15 is 0 Å². The molecule has 0 saturated heterocycles. The fourth-order valence-electron chi connectivity index (χ4n) is 2.77. The van der Waals surface area contributed by atoms with Crippen molar-refractivity contribution in [3.8, 4) is 5.75 Å². The first-order valence-electron chi connectivity index (χ1n) is 9.46. The van der Waals surface area contributed by atoms with Gasteiger partial charge in [-0.1, -0.05) is 32.8 Å². The van der Waals surface area contributed by atoms with Crippen LogP contribution in [0.15, 0.2) is 54.1 Å². The first kappa shape index (κ1) is 21.7. The van der Waals surface area contributed by atoms with Gasteiger partial charge in [0.1, 0.15) is 17.6 Å². The molecule has 7 heteroatoms. The summed E-state index contributed by atoms with van der Waals surface area (Å²) in [7, 11) is 0. The van der Waals surface area contributed by atoms with E-state index in [9.17, 15) is 13.2 Å². The number of nitrogens with one attached hydrogen (secondary N) is 1. The highest BCUT2D eigenvalue weighted by molar-refractivity contribution is 5.55. The van der Waals surface area contributed by atoms with E-state index in [-0.39, 0.29) is 11.4 Å². The van der Waals surface area contributed by atoms with E-state index < -0.39 is 17.8 Å². The van der Waals surface area contributed by atoms with Crippen LogP contribution in [0.25, 0.3) is 0 Å². The number of nitrogens with two attached hydrogens (primary N) is 1. The van der Waals surface area contributed by atoms with Gasteiger partial charge in [0.2, 0.25) is 0 Å². The van der Waals surface area contributed by atoms with Crippen LogP contribution >= 0.6 is 0 Å². The Kier molecular flexibility index (Phi) is 7.84. The van der Waals surface area contributed by atoms with Crippen LogP contribution in [0.4, 0.5) is 18.9 Å². The molecule has 0 radical (unpaired) electrons. The molecule has 3 N–H and O–H groups in total. The summed E-state index contributed by atoms with van der Waals surface area (Å²) in [6.07, 6.45) is 6.07. The maximum absolute atomic E-state index is 12.8. The number of alkyl halides is 3. The fraction of sp³-hybridized carbons (Fsp3) is 0.429. The Morgan fingerprint density at radius 3 is 2.61 bits per heavy atom. The normalized spacial score (nSPS) is 15.2. The van der Waals surface area contributed by atoms with Crippen LogP contribution in [0.5, 0.6) is 5.75 Å². The molecule has 0 bridgehead atoms. The van der Waals surface area contributed by atoms with Crippen LogP contribution in [0.3, 0.4) is 0 Å². The molecule has 1 aromatic carbocycles. The van der Waals surface area contributed by atoms with E-state index in [1.165, 1.54) is 6.07 Å². The van der Waals surface area contributed by atoms with Crippen molar-refractivity contribution in [3.05, 3.63) is 59.6 Å². The second kappa shape index (κ2) is 10.1. The average molecular weight is 396 g/mol. The summed E-state index contributed by atoms with van der Waals surface area (Å²) in [5.41, 5.74) is 5.77. The molecule has 0 spiro atoms. The van der Waals surface area contributed by atoms with E-state index in [1.807, 2.05) is 19.1 Å². The Labute approximate surface area is 163 Å². The molecule has 2 rings (SSSR count). The number of benzene rings is 1. The Balaban J connectivity index is 2.18. The van der Waals surface area contributed by atoms with Crippen molar-refractivity contribution in [3.63, 3.8) is 0 Å².